The third-order valence-corrected chi connectivity index (χ3v) is 6.21. The molecule has 0 radical (unpaired) electrons. The Balaban J connectivity index is 1.38. The van der Waals surface area contributed by atoms with Crippen molar-refractivity contribution in [3.05, 3.63) is 90.1 Å². The number of likely N-dealkylation sites (N-methyl/N-ethyl adjacent to an activating group) is 1. The molecule has 4 aromatic rings. The fourth-order valence-electron chi connectivity index (χ4n) is 4.38. The van der Waals surface area contributed by atoms with Gasteiger partial charge in [0, 0.05) is 23.5 Å². The number of rotatable bonds is 4. The molecule has 1 unspecified atom stereocenters. The Morgan fingerprint density at radius 2 is 1.62 bits per heavy atom. The molecule has 5 rings (SSSR count). The number of H-pyrrole nitrogens is 1. The summed E-state index contributed by atoms with van der Waals surface area (Å²) in [4.78, 5) is 43.8. The Morgan fingerprint density at radius 1 is 0.941 bits per heavy atom. The van der Waals surface area contributed by atoms with Crippen LogP contribution in [0, 0.1) is 0 Å². The van der Waals surface area contributed by atoms with Gasteiger partial charge in [0.25, 0.3) is 11.8 Å². The van der Waals surface area contributed by atoms with Crippen LogP contribution in [-0.2, 0) is 9.59 Å². The van der Waals surface area contributed by atoms with Crippen molar-refractivity contribution in [3.8, 4) is 11.1 Å². The van der Waals surface area contributed by atoms with Crippen molar-refractivity contribution >= 4 is 34.3 Å². The quantitative estimate of drug-likeness (QED) is 0.440. The number of anilines is 1. The molecule has 170 valence electrons. The van der Waals surface area contributed by atoms with Gasteiger partial charge in [0.2, 0.25) is 5.91 Å². The Hall–Kier alpha value is -4.39. The summed E-state index contributed by atoms with van der Waals surface area (Å²) in [6.45, 7) is 1.60. The second-order valence-electron chi connectivity index (χ2n) is 8.41. The number of carbonyl (C=O) groups is 3. The summed E-state index contributed by atoms with van der Waals surface area (Å²) in [5.74, 6) is -1.09. The van der Waals surface area contributed by atoms with Crippen LogP contribution < -0.4 is 15.5 Å². The van der Waals surface area contributed by atoms with Gasteiger partial charge in [0.15, 0.2) is 0 Å². The first-order chi connectivity index (χ1) is 16.4. The highest BCUT2D eigenvalue weighted by Crippen LogP contribution is 2.39. The third-order valence-electron chi connectivity index (χ3n) is 6.21. The molecular formula is C27H24N4O3. The molecule has 1 aliphatic rings. The molecule has 0 saturated carbocycles. The fraction of sp³-hybridized carbons (Fsp3) is 0.148. The number of hydrogen-bond donors (Lipinski definition) is 3. The average molecular weight is 453 g/mol. The van der Waals surface area contributed by atoms with Crippen LogP contribution >= 0.6 is 0 Å². The van der Waals surface area contributed by atoms with Gasteiger partial charge in [0.05, 0.1) is 5.69 Å². The van der Waals surface area contributed by atoms with Crippen LogP contribution in [0.4, 0.5) is 5.69 Å². The van der Waals surface area contributed by atoms with E-state index in [9.17, 15) is 14.4 Å². The number of fused-ring (bicyclic) bond motifs is 4. The predicted molar refractivity (Wildman–Crippen MR) is 131 cm³/mol. The Labute approximate surface area is 196 Å². The van der Waals surface area contributed by atoms with Crippen LogP contribution in [0.1, 0.15) is 29.0 Å². The van der Waals surface area contributed by atoms with Gasteiger partial charge in [-0.15, -0.1) is 0 Å². The van der Waals surface area contributed by atoms with E-state index < -0.39 is 23.9 Å². The lowest BCUT2D eigenvalue weighted by molar-refractivity contribution is -0.128. The Bertz CT molecular complexity index is 1390. The highest BCUT2D eigenvalue weighted by atomic mass is 16.2. The molecule has 0 bridgehead atoms. The SMILES string of the molecule is C[C@H](NC(=O)c1cc2ccccc2[nH]1)C(=O)NC1C(=O)N(C)c2ccccc2-c2ccccc21. The number of nitrogens with one attached hydrogen (secondary N) is 3. The van der Waals surface area contributed by atoms with Gasteiger partial charge in [-0.25, -0.2) is 0 Å². The number of nitrogens with zero attached hydrogens (tertiary/aromatic N) is 1. The highest BCUT2D eigenvalue weighted by Gasteiger charge is 2.34. The molecule has 2 heterocycles. The van der Waals surface area contributed by atoms with E-state index in [4.69, 9.17) is 0 Å². The minimum absolute atomic E-state index is 0.250. The molecule has 1 aliphatic heterocycles. The van der Waals surface area contributed by atoms with Crippen molar-refractivity contribution in [3.63, 3.8) is 0 Å². The lowest BCUT2D eigenvalue weighted by Crippen LogP contribution is -2.49. The van der Waals surface area contributed by atoms with E-state index in [0.29, 0.717) is 11.3 Å². The normalized spacial score (nSPS) is 15.8. The van der Waals surface area contributed by atoms with Gasteiger partial charge >= 0.3 is 0 Å². The fourth-order valence-corrected chi connectivity index (χ4v) is 4.38. The van der Waals surface area contributed by atoms with E-state index in [1.54, 1.807) is 24.9 Å². The van der Waals surface area contributed by atoms with Gasteiger partial charge in [-0.2, -0.15) is 0 Å². The van der Waals surface area contributed by atoms with Gasteiger partial charge < -0.3 is 20.5 Å². The number of hydrogen-bond acceptors (Lipinski definition) is 3. The summed E-state index contributed by atoms with van der Waals surface area (Å²) in [6, 6.07) is 22.8. The zero-order valence-corrected chi connectivity index (χ0v) is 18.8. The maximum Gasteiger partial charge on any atom is 0.268 e. The summed E-state index contributed by atoms with van der Waals surface area (Å²) < 4.78 is 0. The minimum atomic E-state index is -0.881. The van der Waals surface area contributed by atoms with Gasteiger partial charge in [-0.05, 0) is 36.2 Å². The van der Waals surface area contributed by atoms with Crippen LogP contribution in [0.3, 0.4) is 0 Å². The van der Waals surface area contributed by atoms with Gasteiger partial charge in [0.1, 0.15) is 17.8 Å². The van der Waals surface area contributed by atoms with E-state index in [1.807, 2.05) is 72.8 Å². The summed E-state index contributed by atoms with van der Waals surface area (Å²) in [7, 11) is 1.70. The van der Waals surface area contributed by atoms with Crippen LogP contribution in [-0.4, -0.2) is 35.8 Å². The molecule has 0 fully saturated rings. The largest absolute Gasteiger partial charge is 0.351 e. The third kappa shape index (κ3) is 3.71. The minimum Gasteiger partial charge on any atom is -0.351 e. The summed E-state index contributed by atoms with van der Waals surface area (Å²) >= 11 is 0. The van der Waals surface area contributed by atoms with Crippen LogP contribution in [0.2, 0.25) is 0 Å². The maximum absolute atomic E-state index is 13.4. The standard InChI is InChI=1S/C27H24N4O3/c1-16(28-26(33)22-15-17-9-3-7-13-21(17)29-22)25(32)30-24-20-12-5-4-10-18(20)19-11-6-8-14-23(19)31(2)27(24)34/h3-16,24,29H,1-2H3,(H,28,33)(H,30,32)/t16-,24?/m0/s1. The Morgan fingerprint density at radius 3 is 2.41 bits per heavy atom. The van der Waals surface area contributed by atoms with Crippen LogP contribution in [0.25, 0.3) is 22.0 Å². The molecule has 2 atom stereocenters. The number of carbonyl (C=O) groups excluding carboxylic acids is 3. The van der Waals surface area contributed by atoms with Crippen molar-refractivity contribution in [1.29, 1.82) is 0 Å². The molecular weight excluding hydrogens is 428 g/mol. The predicted octanol–water partition coefficient (Wildman–Crippen LogP) is 3.79. The maximum atomic E-state index is 13.4. The smallest absolute Gasteiger partial charge is 0.268 e. The molecule has 7 heteroatoms. The second kappa shape index (κ2) is 8.51. The number of para-hydroxylation sites is 2. The molecule has 3 amide bonds. The lowest BCUT2D eigenvalue weighted by Gasteiger charge is -2.24. The number of aromatic amines is 1. The topological polar surface area (TPSA) is 94.3 Å². The zero-order valence-electron chi connectivity index (χ0n) is 18.8. The van der Waals surface area contributed by atoms with E-state index in [0.717, 1.165) is 27.7 Å². The molecule has 0 saturated heterocycles. The van der Waals surface area contributed by atoms with Crippen LogP contribution in [0.5, 0.6) is 0 Å². The number of amides is 3. The molecule has 34 heavy (non-hydrogen) atoms. The summed E-state index contributed by atoms with van der Waals surface area (Å²) in [5.41, 5.74) is 4.50. The number of benzene rings is 3. The van der Waals surface area contributed by atoms with Crippen molar-refractivity contribution in [2.45, 2.75) is 19.0 Å². The summed E-state index contributed by atoms with van der Waals surface area (Å²) in [5, 5.41) is 6.49. The van der Waals surface area contributed by atoms with E-state index in [1.165, 1.54) is 0 Å². The van der Waals surface area contributed by atoms with Crippen molar-refractivity contribution < 1.29 is 14.4 Å². The molecule has 7 nitrogen and oxygen atoms in total. The van der Waals surface area contributed by atoms with Crippen molar-refractivity contribution in [2.24, 2.45) is 0 Å². The van der Waals surface area contributed by atoms with Gasteiger partial charge in [-0.1, -0.05) is 60.7 Å². The summed E-state index contributed by atoms with van der Waals surface area (Å²) in [6.07, 6.45) is 0. The highest BCUT2D eigenvalue weighted by molar-refractivity contribution is 6.06. The van der Waals surface area contributed by atoms with Crippen molar-refractivity contribution in [1.82, 2.24) is 15.6 Å². The van der Waals surface area contributed by atoms with E-state index in [2.05, 4.69) is 15.6 Å². The molecule has 0 aliphatic carbocycles. The molecule has 3 aromatic carbocycles. The lowest BCUT2D eigenvalue weighted by atomic mass is 9.95. The first kappa shape index (κ1) is 21.5. The first-order valence-electron chi connectivity index (χ1n) is 11.1. The Kier molecular flexibility index (Phi) is 5.37. The molecule has 3 N–H and O–H groups in total. The van der Waals surface area contributed by atoms with Crippen LogP contribution in [0.15, 0.2) is 78.9 Å². The molecule has 0 spiro atoms. The van der Waals surface area contributed by atoms with E-state index >= 15 is 0 Å². The first-order valence-corrected chi connectivity index (χ1v) is 11.1. The monoisotopic (exact) mass is 452 g/mol. The average Bonchev–Trinajstić information content (AvgIpc) is 3.28. The molecule has 1 aromatic heterocycles. The van der Waals surface area contributed by atoms with E-state index in [-0.39, 0.29) is 5.91 Å². The number of aromatic nitrogens is 1. The second-order valence-corrected chi connectivity index (χ2v) is 8.41. The zero-order chi connectivity index (χ0) is 23.8. The van der Waals surface area contributed by atoms with Gasteiger partial charge in [-0.3, -0.25) is 14.4 Å². The van der Waals surface area contributed by atoms with Crippen molar-refractivity contribution in [2.75, 3.05) is 11.9 Å².